The number of fused-ring (bicyclic) bond motifs is 1. The van der Waals surface area contributed by atoms with Crippen LogP contribution in [-0.2, 0) is 0 Å². The molecular weight excluding hydrogens is 391 g/mol. The number of halogens is 2. The summed E-state index contributed by atoms with van der Waals surface area (Å²) in [5.74, 6) is -2.08. The first-order valence-electron chi connectivity index (χ1n) is 8.31. The second kappa shape index (κ2) is 6.83. The predicted octanol–water partition coefficient (Wildman–Crippen LogP) is 3.93. The fourth-order valence-electron chi connectivity index (χ4n) is 3.16. The highest BCUT2D eigenvalue weighted by molar-refractivity contribution is 6.30. The number of aryl methyl sites for hydroxylation is 2. The summed E-state index contributed by atoms with van der Waals surface area (Å²) in [6.07, 6.45) is 0. The van der Waals surface area contributed by atoms with Gasteiger partial charge in [0.2, 0.25) is 5.75 Å². The second-order valence-electron chi connectivity index (χ2n) is 6.70. The van der Waals surface area contributed by atoms with Crippen LogP contribution in [0, 0.1) is 29.8 Å². The molecule has 0 unspecified atom stereocenters. The lowest BCUT2D eigenvalue weighted by atomic mass is 10.0. The number of hydrogen-bond donors (Lipinski definition) is 1. The molecule has 146 valence electrons. The molecular formula is C18H16ClFN4O4. The van der Waals surface area contributed by atoms with Crippen molar-refractivity contribution < 1.29 is 14.4 Å². The van der Waals surface area contributed by atoms with Crippen LogP contribution in [0.25, 0.3) is 16.7 Å². The molecule has 0 saturated carbocycles. The molecule has 0 atom stereocenters. The summed E-state index contributed by atoms with van der Waals surface area (Å²) in [6.45, 7) is 7.21. The fourth-order valence-corrected chi connectivity index (χ4v) is 3.29. The van der Waals surface area contributed by atoms with Gasteiger partial charge in [-0.15, -0.1) is 0 Å². The first-order chi connectivity index (χ1) is 13.0. The van der Waals surface area contributed by atoms with Gasteiger partial charge in [0, 0.05) is 5.69 Å². The van der Waals surface area contributed by atoms with Crippen LogP contribution in [0.4, 0.5) is 10.1 Å². The first-order valence-corrected chi connectivity index (χ1v) is 8.69. The van der Waals surface area contributed by atoms with Crippen LogP contribution in [0.3, 0.4) is 0 Å². The second-order valence-corrected chi connectivity index (χ2v) is 7.05. The van der Waals surface area contributed by atoms with Crippen LogP contribution in [-0.4, -0.2) is 24.6 Å². The summed E-state index contributed by atoms with van der Waals surface area (Å²) in [5, 5.41) is 20.9. The SMILES string of the molecule is Cc1cc(C)c(-n2c(=O)c([N+](=O)[O-])c(O)c3cc(F)c(Cl)nc32)c(C(C)C)n1. The van der Waals surface area contributed by atoms with Crippen molar-refractivity contribution in [2.75, 3.05) is 0 Å². The third kappa shape index (κ3) is 2.97. The smallest absolute Gasteiger partial charge is 0.376 e. The Hall–Kier alpha value is -3.07. The van der Waals surface area contributed by atoms with Gasteiger partial charge in [0.15, 0.2) is 16.6 Å². The van der Waals surface area contributed by atoms with E-state index in [9.17, 15) is 24.4 Å². The highest BCUT2D eigenvalue weighted by atomic mass is 35.5. The van der Waals surface area contributed by atoms with Gasteiger partial charge in [0.25, 0.3) is 0 Å². The van der Waals surface area contributed by atoms with Crippen LogP contribution in [0.1, 0.15) is 36.7 Å². The summed E-state index contributed by atoms with van der Waals surface area (Å²) in [5.41, 5.74) is -0.284. The summed E-state index contributed by atoms with van der Waals surface area (Å²) in [7, 11) is 0. The normalized spacial score (nSPS) is 11.4. The largest absolute Gasteiger partial charge is 0.501 e. The molecule has 8 nitrogen and oxygen atoms in total. The number of aromatic nitrogens is 3. The number of nitrogens with zero attached hydrogens (tertiary/aromatic N) is 4. The minimum Gasteiger partial charge on any atom is -0.501 e. The van der Waals surface area contributed by atoms with Crippen molar-refractivity contribution in [2.45, 2.75) is 33.6 Å². The first kappa shape index (κ1) is 19.7. The maximum absolute atomic E-state index is 14.0. The van der Waals surface area contributed by atoms with E-state index in [1.165, 1.54) is 0 Å². The van der Waals surface area contributed by atoms with E-state index < -0.39 is 32.9 Å². The highest BCUT2D eigenvalue weighted by Gasteiger charge is 2.30. The van der Waals surface area contributed by atoms with E-state index in [4.69, 9.17) is 11.6 Å². The molecule has 3 aromatic rings. The molecule has 28 heavy (non-hydrogen) atoms. The molecule has 0 fully saturated rings. The Balaban J connectivity index is 2.65. The van der Waals surface area contributed by atoms with Gasteiger partial charge in [-0.25, -0.2) is 9.37 Å². The third-order valence-corrected chi connectivity index (χ3v) is 4.57. The molecule has 3 rings (SSSR count). The average Bonchev–Trinajstić information content (AvgIpc) is 2.57. The van der Waals surface area contributed by atoms with Crippen LogP contribution < -0.4 is 5.56 Å². The molecule has 0 amide bonds. The molecule has 3 heterocycles. The Morgan fingerprint density at radius 2 is 1.93 bits per heavy atom. The molecule has 10 heteroatoms. The number of hydrogen-bond acceptors (Lipinski definition) is 6. The molecule has 0 spiro atoms. The number of pyridine rings is 3. The van der Waals surface area contributed by atoms with E-state index in [1.807, 2.05) is 13.8 Å². The van der Waals surface area contributed by atoms with Gasteiger partial charge in [0.1, 0.15) is 0 Å². The lowest BCUT2D eigenvalue weighted by Crippen LogP contribution is -2.25. The lowest BCUT2D eigenvalue weighted by Gasteiger charge is -2.19. The van der Waals surface area contributed by atoms with E-state index in [-0.39, 0.29) is 22.6 Å². The fraction of sp³-hybridized carbons (Fsp3) is 0.278. The number of nitro groups is 1. The Kier molecular flexibility index (Phi) is 4.80. The molecule has 0 radical (unpaired) electrons. The Morgan fingerprint density at radius 1 is 1.29 bits per heavy atom. The van der Waals surface area contributed by atoms with E-state index in [1.54, 1.807) is 19.9 Å². The van der Waals surface area contributed by atoms with Crippen molar-refractivity contribution in [3.05, 3.63) is 60.5 Å². The van der Waals surface area contributed by atoms with E-state index in [2.05, 4.69) is 9.97 Å². The maximum atomic E-state index is 14.0. The van der Waals surface area contributed by atoms with Crippen molar-refractivity contribution in [2.24, 2.45) is 0 Å². The zero-order chi connectivity index (χ0) is 20.9. The van der Waals surface area contributed by atoms with Crippen molar-refractivity contribution in [3.63, 3.8) is 0 Å². The van der Waals surface area contributed by atoms with E-state index in [0.29, 0.717) is 17.0 Å². The maximum Gasteiger partial charge on any atom is 0.376 e. The average molecular weight is 407 g/mol. The van der Waals surface area contributed by atoms with E-state index in [0.717, 1.165) is 10.6 Å². The highest BCUT2D eigenvalue weighted by Crippen LogP contribution is 2.35. The Morgan fingerprint density at radius 3 is 2.50 bits per heavy atom. The number of aromatic hydroxyl groups is 1. The van der Waals surface area contributed by atoms with Gasteiger partial charge in [-0.3, -0.25) is 24.5 Å². The molecule has 1 N–H and O–H groups in total. The van der Waals surface area contributed by atoms with Crippen molar-refractivity contribution in [3.8, 4) is 11.4 Å². The van der Waals surface area contributed by atoms with Gasteiger partial charge in [0.05, 0.1) is 21.7 Å². The van der Waals surface area contributed by atoms with E-state index >= 15 is 0 Å². The van der Waals surface area contributed by atoms with Crippen LogP contribution >= 0.6 is 11.6 Å². The lowest BCUT2D eigenvalue weighted by molar-refractivity contribution is -0.387. The van der Waals surface area contributed by atoms with Crippen LogP contribution in [0.15, 0.2) is 16.9 Å². The molecule has 0 aliphatic heterocycles. The molecule has 0 aromatic carbocycles. The summed E-state index contributed by atoms with van der Waals surface area (Å²) in [4.78, 5) is 31.8. The Bertz CT molecular complexity index is 1210. The molecule has 0 saturated heterocycles. The zero-order valence-electron chi connectivity index (χ0n) is 15.4. The number of rotatable bonds is 3. The topological polar surface area (TPSA) is 111 Å². The minimum atomic E-state index is -1.11. The summed E-state index contributed by atoms with van der Waals surface area (Å²) >= 11 is 5.79. The molecule has 3 aromatic heterocycles. The van der Waals surface area contributed by atoms with Crippen molar-refractivity contribution >= 4 is 28.3 Å². The Labute approximate surface area is 163 Å². The van der Waals surface area contributed by atoms with Crippen LogP contribution in [0.5, 0.6) is 5.75 Å². The van der Waals surface area contributed by atoms with Gasteiger partial charge in [-0.1, -0.05) is 25.4 Å². The molecule has 0 bridgehead atoms. The van der Waals surface area contributed by atoms with Gasteiger partial charge in [-0.05, 0) is 37.5 Å². The van der Waals surface area contributed by atoms with Crippen molar-refractivity contribution in [1.29, 1.82) is 0 Å². The third-order valence-electron chi connectivity index (χ3n) is 4.30. The quantitative estimate of drug-likeness (QED) is 0.400. The van der Waals surface area contributed by atoms with Gasteiger partial charge in [-0.2, -0.15) is 0 Å². The zero-order valence-corrected chi connectivity index (χ0v) is 16.2. The molecule has 0 aliphatic rings. The van der Waals surface area contributed by atoms with Crippen LogP contribution in [0.2, 0.25) is 5.15 Å². The monoisotopic (exact) mass is 406 g/mol. The predicted molar refractivity (Wildman–Crippen MR) is 102 cm³/mol. The van der Waals surface area contributed by atoms with Gasteiger partial charge >= 0.3 is 11.2 Å². The summed E-state index contributed by atoms with van der Waals surface area (Å²) in [6, 6.07) is 2.53. The van der Waals surface area contributed by atoms with Crippen molar-refractivity contribution in [1.82, 2.24) is 14.5 Å². The summed E-state index contributed by atoms with van der Waals surface area (Å²) < 4.78 is 14.9. The standard InChI is InChI=1S/C18H16ClFN4O4/c1-7(2)12-13(8(3)5-9(4)21-12)23-17-10(6-11(20)16(19)22-17)15(25)14(18(23)26)24(27)28/h5-7,25H,1-4H3. The minimum absolute atomic E-state index is 0.140. The molecule has 0 aliphatic carbocycles. The van der Waals surface area contributed by atoms with Gasteiger partial charge < -0.3 is 5.11 Å².